The van der Waals surface area contributed by atoms with Gasteiger partial charge in [0.2, 0.25) is 0 Å². The molecule has 0 saturated heterocycles. The van der Waals surface area contributed by atoms with E-state index in [9.17, 15) is 0 Å². The second-order valence-electron chi connectivity index (χ2n) is 6.95. The van der Waals surface area contributed by atoms with Crippen LogP contribution in [0.15, 0.2) is 12.2 Å². The Morgan fingerprint density at radius 2 is 1.42 bits per heavy atom. The molecule has 0 aromatic heterocycles. The van der Waals surface area contributed by atoms with Crippen LogP contribution in [-0.4, -0.2) is 32.6 Å². The summed E-state index contributed by atoms with van der Waals surface area (Å²) in [6.45, 7) is 19.8. The summed E-state index contributed by atoms with van der Waals surface area (Å²) < 4.78 is 0. The first-order valence-corrected chi connectivity index (χ1v) is 11.7. The first-order chi connectivity index (χ1) is 8.91. The van der Waals surface area contributed by atoms with Crippen molar-refractivity contribution < 1.29 is 0 Å². The number of nitrogens with zero attached hydrogens (tertiary/aromatic N) is 1. The van der Waals surface area contributed by atoms with Crippen molar-refractivity contribution in [2.75, 3.05) is 19.6 Å². The maximum absolute atomic E-state index is 4.09. The molecular formula is C17H37NSi. The maximum atomic E-state index is 4.09. The lowest BCUT2D eigenvalue weighted by atomic mass is 10.2. The fourth-order valence-electron chi connectivity index (χ4n) is 2.79. The van der Waals surface area contributed by atoms with Gasteiger partial charge in [-0.2, -0.15) is 0 Å². The Kier molecular flexibility index (Phi) is 10.6. The van der Waals surface area contributed by atoms with Crippen LogP contribution in [0, 0.1) is 0 Å². The van der Waals surface area contributed by atoms with E-state index in [2.05, 4.69) is 45.3 Å². The molecule has 0 aliphatic rings. The third-order valence-electron chi connectivity index (χ3n) is 3.76. The van der Waals surface area contributed by atoms with Gasteiger partial charge >= 0.3 is 0 Å². The molecule has 0 spiro atoms. The van der Waals surface area contributed by atoms with E-state index in [4.69, 9.17) is 0 Å². The zero-order chi connectivity index (χ0) is 14.7. The molecule has 1 nitrogen and oxygen atoms in total. The summed E-state index contributed by atoms with van der Waals surface area (Å²) in [5.74, 6) is 0. The van der Waals surface area contributed by atoms with Crippen molar-refractivity contribution in [3.63, 3.8) is 0 Å². The summed E-state index contributed by atoms with van der Waals surface area (Å²) in [5, 5.41) is 0. The Morgan fingerprint density at radius 3 is 1.84 bits per heavy atom. The zero-order valence-corrected chi connectivity index (χ0v) is 15.2. The van der Waals surface area contributed by atoms with Crippen LogP contribution in [0.2, 0.25) is 25.2 Å². The third-order valence-corrected chi connectivity index (χ3v) is 7.03. The molecule has 0 rings (SSSR count). The SMILES string of the molecule is C=C(C)C[Si](C)(C)CCCN(CCCC)CCCC. The van der Waals surface area contributed by atoms with Gasteiger partial charge in [0.15, 0.2) is 0 Å². The summed E-state index contributed by atoms with van der Waals surface area (Å²) in [5.41, 5.74) is 1.38. The van der Waals surface area contributed by atoms with Gasteiger partial charge in [-0.3, -0.25) is 0 Å². The lowest BCUT2D eigenvalue weighted by Gasteiger charge is -2.26. The van der Waals surface area contributed by atoms with E-state index in [1.165, 1.54) is 69.4 Å². The van der Waals surface area contributed by atoms with Crippen molar-refractivity contribution in [3.05, 3.63) is 12.2 Å². The molecule has 0 amide bonds. The lowest BCUT2D eigenvalue weighted by molar-refractivity contribution is 0.265. The quantitative estimate of drug-likeness (QED) is 0.334. The highest BCUT2D eigenvalue weighted by atomic mass is 28.3. The molecule has 0 unspecified atom stereocenters. The van der Waals surface area contributed by atoms with E-state index >= 15 is 0 Å². The van der Waals surface area contributed by atoms with Gasteiger partial charge in [0.1, 0.15) is 0 Å². The monoisotopic (exact) mass is 283 g/mol. The molecule has 114 valence electrons. The van der Waals surface area contributed by atoms with Gasteiger partial charge < -0.3 is 4.90 Å². The van der Waals surface area contributed by atoms with Gasteiger partial charge in [-0.1, -0.05) is 51.4 Å². The van der Waals surface area contributed by atoms with Crippen LogP contribution in [0.1, 0.15) is 52.9 Å². The average molecular weight is 284 g/mol. The maximum Gasteiger partial charge on any atom is 0.0514 e. The number of allylic oxidation sites excluding steroid dienone is 1. The Balaban J connectivity index is 3.98. The van der Waals surface area contributed by atoms with Crippen LogP contribution in [0.4, 0.5) is 0 Å². The fraction of sp³-hybridized carbons (Fsp3) is 0.882. The summed E-state index contributed by atoms with van der Waals surface area (Å²) >= 11 is 0. The molecular weight excluding hydrogens is 246 g/mol. The van der Waals surface area contributed by atoms with E-state index in [1.807, 2.05) is 0 Å². The molecule has 0 aliphatic heterocycles. The van der Waals surface area contributed by atoms with E-state index in [0.29, 0.717) is 0 Å². The molecule has 0 saturated carbocycles. The minimum absolute atomic E-state index is 1.02. The molecule has 0 aromatic rings. The molecule has 0 bridgehead atoms. The number of hydrogen-bond acceptors (Lipinski definition) is 1. The Morgan fingerprint density at radius 1 is 0.947 bits per heavy atom. The van der Waals surface area contributed by atoms with Crippen molar-refractivity contribution in [1.82, 2.24) is 4.90 Å². The van der Waals surface area contributed by atoms with E-state index in [0.717, 1.165) is 0 Å². The zero-order valence-electron chi connectivity index (χ0n) is 14.2. The Labute approximate surface area is 123 Å². The average Bonchev–Trinajstić information content (AvgIpc) is 2.30. The van der Waals surface area contributed by atoms with Crippen LogP contribution in [0.5, 0.6) is 0 Å². The van der Waals surface area contributed by atoms with Crippen molar-refractivity contribution in [2.45, 2.75) is 78.1 Å². The summed E-state index contributed by atoms with van der Waals surface area (Å²) in [6.07, 6.45) is 6.74. The summed E-state index contributed by atoms with van der Waals surface area (Å²) in [6, 6.07) is 2.76. The molecule has 0 heterocycles. The van der Waals surface area contributed by atoms with Crippen LogP contribution in [0.3, 0.4) is 0 Å². The topological polar surface area (TPSA) is 3.24 Å². The van der Waals surface area contributed by atoms with Crippen molar-refractivity contribution in [2.24, 2.45) is 0 Å². The van der Waals surface area contributed by atoms with Gasteiger partial charge in [-0.15, -0.1) is 6.58 Å². The predicted molar refractivity (Wildman–Crippen MR) is 92.8 cm³/mol. The van der Waals surface area contributed by atoms with E-state index in [1.54, 1.807) is 0 Å². The molecule has 0 N–H and O–H groups in total. The third kappa shape index (κ3) is 11.4. The highest BCUT2D eigenvalue weighted by Gasteiger charge is 2.20. The van der Waals surface area contributed by atoms with Crippen LogP contribution < -0.4 is 0 Å². The van der Waals surface area contributed by atoms with Gasteiger partial charge in [0, 0.05) is 0 Å². The first kappa shape index (κ1) is 18.9. The second kappa shape index (κ2) is 10.7. The van der Waals surface area contributed by atoms with Crippen LogP contribution in [0.25, 0.3) is 0 Å². The summed E-state index contributed by atoms with van der Waals surface area (Å²) in [4.78, 5) is 2.69. The number of hydrogen-bond donors (Lipinski definition) is 0. The fourth-order valence-corrected chi connectivity index (χ4v) is 5.71. The van der Waals surface area contributed by atoms with Gasteiger partial charge in [0.05, 0.1) is 8.07 Å². The minimum atomic E-state index is -1.02. The molecule has 0 aliphatic carbocycles. The summed E-state index contributed by atoms with van der Waals surface area (Å²) in [7, 11) is -1.02. The molecule has 0 radical (unpaired) electrons. The van der Waals surface area contributed by atoms with Crippen molar-refractivity contribution in [1.29, 1.82) is 0 Å². The number of rotatable bonds is 12. The van der Waals surface area contributed by atoms with E-state index < -0.39 is 8.07 Å². The lowest BCUT2D eigenvalue weighted by Crippen LogP contribution is -2.30. The Hall–Kier alpha value is -0.0831. The minimum Gasteiger partial charge on any atom is -0.303 e. The molecule has 2 heteroatoms. The highest BCUT2D eigenvalue weighted by molar-refractivity contribution is 6.77. The Bertz CT molecular complexity index is 227. The van der Waals surface area contributed by atoms with Gasteiger partial charge in [0.25, 0.3) is 0 Å². The predicted octanol–water partition coefficient (Wildman–Crippen LogP) is 5.56. The van der Waals surface area contributed by atoms with Crippen LogP contribution >= 0.6 is 0 Å². The second-order valence-corrected chi connectivity index (χ2v) is 12.1. The van der Waals surface area contributed by atoms with Gasteiger partial charge in [-0.05, 0) is 51.9 Å². The standard InChI is InChI=1S/C17H37NSi/c1-7-9-12-18(13-10-8-2)14-11-15-19(5,6)16-17(3)4/h3,7-16H2,1-2,4-6H3. The smallest absolute Gasteiger partial charge is 0.0514 e. The van der Waals surface area contributed by atoms with Gasteiger partial charge in [-0.25, -0.2) is 0 Å². The van der Waals surface area contributed by atoms with Crippen molar-refractivity contribution >= 4 is 8.07 Å². The molecule has 0 aromatic carbocycles. The molecule has 0 fully saturated rings. The molecule has 0 atom stereocenters. The number of unbranched alkanes of at least 4 members (excludes halogenated alkanes) is 2. The van der Waals surface area contributed by atoms with Crippen LogP contribution in [-0.2, 0) is 0 Å². The molecule has 19 heavy (non-hydrogen) atoms. The van der Waals surface area contributed by atoms with E-state index in [-0.39, 0.29) is 0 Å². The first-order valence-electron chi connectivity index (χ1n) is 8.28. The van der Waals surface area contributed by atoms with Crippen molar-refractivity contribution in [3.8, 4) is 0 Å². The highest BCUT2D eigenvalue weighted by Crippen LogP contribution is 2.21. The normalized spacial score (nSPS) is 12.1. The largest absolute Gasteiger partial charge is 0.303 e.